The van der Waals surface area contributed by atoms with Crippen LogP contribution in [-0.4, -0.2) is 46.0 Å². The summed E-state index contributed by atoms with van der Waals surface area (Å²) in [5.41, 5.74) is 2.91. The summed E-state index contributed by atoms with van der Waals surface area (Å²) < 4.78 is 7.74. The summed E-state index contributed by atoms with van der Waals surface area (Å²) in [6, 6.07) is 9.12. The molecule has 7 nitrogen and oxygen atoms in total. The zero-order valence-electron chi connectivity index (χ0n) is 17.2. The van der Waals surface area contributed by atoms with Crippen molar-refractivity contribution < 1.29 is 4.74 Å². The minimum atomic E-state index is 0. The molecule has 0 spiro atoms. The summed E-state index contributed by atoms with van der Waals surface area (Å²) in [7, 11) is 1.98. The molecule has 1 aliphatic heterocycles. The molecule has 0 amide bonds. The highest BCUT2D eigenvalue weighted by Crippen LogP contribution is 2.21. The Labute approximate surface area is 189 Å². The Bertz CT molecular complexity index is 830. The number of fused-ring (bicyclic) bond motifs is 1. The molecule has 2 N–H and O–H groups in total. The molecule has 2 heterocycles. The molecule has 2 atom stereocenters. The SMILES string of the molecule is Cc1nnc(CN=C(NCC2CCCO2)NC2CCc3ccccc3C2)n1C.I. The van der Waals surface area contributed by atoms with E-state index in [0.717, 1.165) is 62.9 Å². The van der Waals surface area contributed by atoms with Gasteiger partial charge in [0.1, 0.15) is 12.4 Å². The second-order valence-corrected chi connectivity index (χ2v) is 7.76. The summed E-state index contributed by atoms with van der Waals surface area (Å²) in [5, 5.41) is 15.5. The second kappa shape index (κ2) is 10.4. The first-order chi connectivity index (χ1) is 13.7. The lowest BCUT2D eigenvalue weighted by Crippen LogP contribution is -2.47. The number of benzene rings is 1. The van der Waals surface area contributed by atoms with Gasteiger partial charge in [0.15, 0.2) is 11.8 Å². The van der Waals surface area contributed by atoms with Crippen LogP contribution in [-0.2, 0) is 31.2 Å². The van der Waals surface area contributed by atoms with E-state index >= 15 is 0 Å². The lowest BCUT2D eigenvalue weighted by molar-refractivity contribution is 0.113. The predicted octanol–water partition coefficient (Wildman–Crippen LogP) is 2.51. The van der Waals surface area contributed by atoms with Gasteiger partial charge in [-0.1, -0.05) is 24.3 Å². The Morgan fingerprint density at radius 2 is 2.07 bits per heavy atom. The Hall–Kier alpha value is -1.68. The summed E-state index contributed by atoms with van der Waals surface area (Å²) in [6.07, 6.45) is 5.77. The van der Waals surface area contributed by atoms with Crippen molar-refractivity contribution >= 4 is 29.9 Å². The fourth-order valence-corrected chi connectivity index (χ4v) is 3.92. The van der Waals surface area contributed by atoms with E-state index in [0.29, 0.717) is 12.6 Å². The van der Waals surface area contributed by atoms with Gasteiger partial charge in [0.2, 0.25) is 0 Å². The Balaban J connectivity index is 0.00000240. The van der Waals surface area contributed by atoms with Crippen molar-refractivity contribution in [2.24, 2.45) is 12.0 Å². The number of halogens is 1. The van der Waals surface area contributed by atoms with E-state index in [4.69, 9.17) is 9.73 Å². The summed E-state index contributed by atoms with van der Waals surface area (Å²) in [5.74, 6) is 2.60. The Morgan fingerprint density at radius 1 is 1.24 bits per heavy atom. The van der Waals surface area contributed by atoms with Crippen molar-refractivity contribution in [1.82, 2.24) is 25.4 Å². The van der Waals surface area contributed by atoms with Crippen LogP contribution in [0.15, 0.2) is 29.3 Å². The fourth-order valence-electron chi connectivity index (χ4n) is 3.92. The molecular weight excluding hydrogens is 479 g/mol. The van der Waals surface area contributed by atoms with E-state index in [-0.39, 0.29) is 30.1 Å². The second-order valence-electron chi connectivity index (χ2n) is 7.76. The van der Waals surface area contributed by atoms with Gasteiger partial charge in [-0.15, -0.1) is 34.2 Å². The van der Waals surface area contributed by atoms with Crippen LogP contribution in [0.25, 0.3) is 0 Å². The molecule has 158 valence electrons. The standard InChI is InChI=1S/C21H30N6O.HI/c1-15-25-26-20(27(15)2)14-23-21(22-13-19-8-5-11-28-19)24-18-10-9-16-6-3-4-7-17(16)12-18;/h3-4,6-7,18-19H,5,8-14H2,1-2H3,(H2,22,23,24);1H. The summed E-state index contributed by atoms with van der Waals surface area (Å²) in [6.45, 7) is 4.10. The topological polar surface area (TPSA) is 76.4 Å². The maximum atomic E-state index is 5.75. The normalized spacial score (nSPS) is 21.4. The van der Waals surface area contributed by atoms with Crippen LogP contribution in [0.3, 0.4) is 0 Å². The molecule has 0 radical (unpaired) electrons. The molecule has 1 aromatic carbocycles. The van der Waals surface area contributed by atoms with E-state index in [1.807, 2.05) is 18.5 Å². The highest BCUT2D eigenvalue weighted by molar-refractivity contribution is 14.0. The van der Waals surface area contributed by atoms with Crippen molar-refractivity contribution in [3.63, 3.8) is 0 Å². The first-order valence-electron chi connectivity index (χ1n) is 10.3. The maximum absolute atomic E-state index is 5.75. The van der Waals surface area contributed by atoms with Crippen LogP contribution in [0.4, 0.5) is 0 Å². The third-order valence-corrected chi connectivity index (χ3v) is 5.77. The van der Waals surface area contributed by atoms with E-state index < -0.39 is 0 Å². The van der Waals surface area contributed by atoms with Crippen molar-refractivity contribution in [2.75, 3.05) is 13.2 Å². The molecule has 1 aliphatic carbocycles. The van der Waals surface area contributed by atoms with Crippen LogP contribution >= 0.6 is 24.0 Å². The van der Waals surface area contributed by atoms with Gasteiger partial charge in [-0.2, -0.15) is 0 Å². The molecule has 1 fully saturated rings. The minimum absolute atomic E-state index is 0. The van der Waals surface area contributed by atoms with Crippen molar-refractivity contribution in [1.29, 1.82) is 0 Å². The summed E-state index contributed by atoms with van der Waals surface area (Å²) in [4.78, 5) is 4.79. The number of nitrogens with zero attached hydrogens (tertiary/aromatic N) is 4. The van der Waals surface area contributed by atoms with E-state index in [1.165, 1.54) is 11.1 Å². The maximum Gasteiger partial charge on any atom is 0.192 e. The number of ether oxygens (including phenoxy) is 1. The van der Waals surface area contributed by atoms with Gasteiger partial charge >= 0.3 is 0 Å². The minimum Gasteiger partial charge on any atom is -0.376 e. The third-order valence-electron chi connectivity index (χ3n) is 5.77. The first kappa shape index (κ1) is 22.0. The lowest BCUT2D eigenvalue weighted by atomic mass is 9.88. The van der Waals surface area contributed by atoms with E-state index in [9.17, 15) is 0 Å². The molecule has 0 bridgehead atoms. The average Bonchev–Trinajstić information content (AvgIpc) is 3.35. The molecule has 1 saturated heterocycles. The van der Waals surface area contributed by atoms with Gasteiger partial charge in [0.05, 0.1) is 6.10 Å². The van der Waals surface area contributed by atoms with Crippen LogP contribution in [0.1, 0.15) is 42.0 Å². The van der Waals surface area contributed by atoms with Crippen LogP contribution in [0.5, 0.6) is 0 Å². The number of nitrogens with one attached hydrogen (secondary N) is 2. The number of guanidine groups is 1. The zero-order chi connectivity index (χ0) is 19.3. The van der Waals surface area contributed by atoms with E-state index in [2.05, 4.69) is 45.1 Å². The van der Waals surface area contributed by atoms with E-state index in [1.54, 1.807) is 0 Å². The van der Waals surface area contributed by atoms with Crippen molar-refractivity contribution in [3.8, 4) is 0 Å². The quantitative estimate of drug-likeness (QED) is 0.368. The highest BCUT2D eigenvalue weighted by atomic mass is 127. The predicted molar refractivity (Wildman–Crippen MR) is 125 cm³/mol. The smallest absolute Gasteiger partial charge is 0.192 e. The van der Waals surface area contributed by atoms with Crippen molar-refractivity contribution in [3.05, 3.63) is 47.0 Å². The number of rotatable bonds is 5. The summed E-state index contributed by atoms with van der Waals surface area (Å²) >= 11 is 0. The van der Waals surface area contributed by atoms with Crippen LogP contribution < -0.4 is 10.6 Å². The van der Waals surface area contributed by atoms with Crippen molar-refractivity contribution in [2.45, 2.75) is 57.7 Å². The molecule has 0 saturated carbocycles. The number of aliphatic imine (C=N–C) groups is 1. The fraction of sp³-hybridized carbons (Fsp3) is 0.571. The van der Waals surface area contributed by atoms with Crippen LogP contribution in [0.2, 0.25) is 0 Å². The van der Waals surface area contributed by atoms with Crippen LogP contribution in [0, 0.1) is 6.92 Å². The Kier molecular flexibility index (Phi) is 7.88. The molecule has 4 rings (SSSR count). The average molecular weight is 510 g/mol. The number of hydrogen-bond acceptors (Lipinski definition) is 4. The molecule has 2 aliphatic rings. The molecule has 8 heteroatoms. The van der Waals surface area contributed by atoms with Gasteiger partial charge in [-0.25, -0.2) is 4.99 Å². The van der Waals surface area contributed by atoms with Gasteiger partial charge in [-0.3, -0.25) is 0 Å². The third kappa shape index (κ3) is 5.69. The van der Waals surface area contributed by atoms with Gasteiger partial charge < -0.3 is 19.9 Å². The number of hydrogen-bond donors (Lipinski definition) is 2. The number of aryl methyl sites for hydroxylation is 2. The molecule has 2 aromatic rings. The largest absolute Gasteiger partial charge is 0.376 e. The highest BCUT2D eigenvalue weighted by Gasteiger charge is 2.21. The van der Waals surface area contributed by atoms with Gasteiger partial charge in [0.25, 0.3) is 0 Å². The van der Waals surface area contributed by atoms with Gasteiger partial charge in [0, 0.05) is 26.2 Å². The molecular formula is C21H31IN6O. The Morgan fingerprint density at radius 3 is 2.79 bits per heavy atom. The monoisotopic (exact) mass is 510 g/mol. The lowest BCUT2D eigenvalue weighted by Gasteiger charge is -2.27. The molecule has 1 aromatic heterocycles. The zero-order valence-corrected chi connectivity index (χ0v) is 19.6. The molecule has 29 heavy (non-hydrogen) atoms. The van der Waals surface area contributed by atoms with Gasteiger partial charge in [-0.05, 0) is 50.2 Å². The molecule has 2 unspecified atom stereocenters. The number of aromatic nitrogens is 3. The first-order valence-corrected chi connectivity index (χ1v) is 10.3.